The Kier molecular flexibility index (Phi) is 3.19. The largest absolute Gasteiger partial charge is 0.271 e. The van der Waals surface area contributed by atoms with Crippen molar-refractivity contribution in [2.24, 2.45) is 10.3 Å². The molecule has 0 spiro atoms. The van der Waals surface area contributed by atoms with Gasteiger partial charge in [0.2, 0.25) is 0 Å². The summed E-state index contributed by atoms with van der Waals surface area (Å²) in [6.45, 7) is 3.89. The van der Waals surface area contributed by atoms with Crippen LogP contribution in [0, 0.1) is 13.8 Å². The molecule has 4 rings (SSSR count). The van der Waals surface area contributed by atoms with Crippen LogP contribution in [-0.4, -0.2) is 23.9 Å². The highest BCUT2D eigenvalue weighted by molar-refractivity contribution is 6.26. The monoisotopic (exact) mass is 320 g/mol. The number of amides is 2. The molecule has 0 N–H and O–H groups in total. The molecule has 2 aromatic rings. The lowest BCUT2D eigenvalue weighted by Crippen LogP contribution is -2.39. The first-order valence-electron chi connectivity index (χ1n) is 7.77. The van der Waals surface area contributed by atoms with Gasteiger partial charge in [-0.2, -0.15) is 5.11 Å². The van der Waals surface area contributed by atoms with Crippen LogP contribution in [0.2, 0.25) is 0 Å². The van der Waals surface area contributed by atoms with Gasteiger partial charge in [0, 0.05) is 0 Å². The van der Waals surface area contributed by atoms with E-state index in [0.717, 1.165) is 16.8 Å². The maximum atomic E-state index is 12.9. The number of anilines is 2. The van der Waals surface area contributed by atoms with Gasteiger partial charge in [0.15, 0.2) is 12.1 Å². The standard InChI is InChI=1S/C18H16N4O2/c1-11-8-12(2)10-14(9-11)21-17(23)15-16(18(21)24)22(20-19-15)13-6-4-3-5-7-13/h3-10,15-16H,1-2H3/t15-,16+/m1/s1. The Morgan fingerprint density at radius 1 is 0.875 bits per heavy atom. The van der Waals surface area contributed by atoms with Crippen molar-refractivity contribution in [2.45, 2.75) is 25.9 Å². The zero-order valence-corrected chi connectivity index (χ0v) is 13.4. The SMILES string of the molecule is Cc1cc(C)cc(N2C(=O)[C@@H]3[C@@H](N=NN3c3ccccc3)C2=O)c1. The minimum atomic E-state index is -0.779. The molecule has 24 heavy (non-hydrogen) atoms. The summed E-state index contributed by atoms with van der Waals surface area (Å²) < 4.78 is 0. The van der Waals surface area contributed by atoms with E-state index in [1.807, 2.05) is 62.4 Å². The van der Waals surface area contributed by atoms with Crippen molar-refractivity contribution in [3.05, 3.63) is 59.7 Å². The van der Waals surface area contributed by atoms with Crippen LogP contribution in [-0.2, 0) is 9.59 Å². The van der Waals surface area contributed by atoms with E-state index in [9.17, 15) is 9.59 Å². The van der Waals surface area contributed by atoms with Gasteiger partial charge in [0.1, 0.15) is 0 Å². The Morgan fingerprint density at radius 2 is 1.54 bits per heavy atom. The van der Waals surface area contributed by atoms with Gasteiger partial charge < -0.3 is 0 Å². The van der Waals surface area contributed by atoms with E-state index in [1.54, 1.807) is 0 Å². The maximum absolute atomic E-state index is 12.9. The fourth-order valence-electron chi connectivity index (χ4n) is 3.29. The molecule has 120 valence electrons. The lowest BCUT2D eigenvalue weighted by Gasteiger charge is -2.21. The van der Waals surface area contributed by atoms with Crippen LogP contribution in [0.15, 0.2) is 58.9 Å². The third-order valence-corrected chi connectivity index (χ3v) is 4.27. The van der Waals surface area contributed by atoms with Crippen LogP contribution in [0.4, 0.5) is 11.4 Å². The lowest BCUT2D eigenvalue weighted by molar-refractivity contribution is -0.121. The van der Waals surface area contributed by atoms with E-state index in [0.29, 0.717) is 5.69 Å². The average molecular weight is 320 g/mol. The highest BCUT2D eigenvalue weighted by Gasteiger charge is 2.55. The minimum absolute atomic E-state index is 0.288. The van der Waals surface area contributed by atoms with Crippen molar-refractivity contribution >= 4 is 23.2 Å². The minimum Gasteiger partial charge on any atom is -0.271 e. The summed E-state index contributed by atoms with van der Waals surface area (Å²) in [5.41, 5.74) is 3.35. The number of nitrogens with zero attached hydrogens (tertiary/aromatic N) is 4. The summed E-state index contributed by atoms with van der Waals surface area (Å²) >= 11 is 0. The Balaban J connectivity index is 1.73. The van der Waals surface area contributed by atoms with Crippen molar-refractivity contribution in [3.63, 3.8) is 0 Å². The number of hydrogen-bond donors (Lipinski definition) is 0. The number of imide groups is 1. The predicted molar refractivity (Wildman–Crippen MR) is 89.8 cm³/mol. The number of carbonyl (C=O) groups excluding carboxylic acids is 2. The Bertz CT molecular complexity index is 842. The normalized spacial score (nSPS) is 22.4. The van der Waals surface area contributed by atoms with Gasteiger partial charge in [-0.15, -0.1) is 0 Å². The molecule has 2 aliphatic rings. The molecule has 1 fully saturated rings. The topological polar surface area (TPSA) is 65.3 Å². The van der Waals surface area contributed by atoms with Gasteiger partial charge in [-0.25, -0.2) is 9.91 Å². The van der Waals surface area contributed by atoms with E-state index >= 15 is 0 Å². The smallest absolute Gasteiger partial charge is 0.263 e. The Labute approximate surface area is 139 Å². The molecule has 0 radical (unpaired) electrons. The molecule has 0 aliphatic carbocycles. The van der Waals surface area contributed by atoms with Gasteiger partial charge in [-0.1, -0.05) is 29.5 Å². The maximum Gasteiger partial charge on any atom is 0.263 e. The summed E-state index contributed by atoms with van der Waals surface area (Å²) in [6.07, 6.45) is 0. The van der Waals surface area contributed by atoms with E-state index in [4.69, 9.17) is 0 Å². The number of para-hydroxylation sites is 1. The van der Waals surface area contributed by atoms with Gasteiger partial charge in [0.05, 0.1) is 11.4 Å². The second kappa shape index (κ2) is 5.26. The number of aryl methyl sites for hydroxylation is 2. The predicted octanol–water partition coefficient (Wildman–Crippen LogP) is 2.80. The molecule has 6 heteroatoms. The fraction of sp³-hybridized carbons (Fsp3) is 0.222. The number of carbonyl (C=O) groups is 2. The summed E-state index contributed by atoms with van der Waals surface area (Å²) in [4.78, 5) is 26.9. The quantitative estimate of drug-likeness (QED) is 0.799. The molecular formula is C18H16N4O2. The summed E-state index contributed by atoms with van der Waals surface area (Å²) in [5.74, 6) is -0.610. The van der Waals surface area contributed by atoms with Gasteiger partial charge in [0.25, 0.3) is 11.8 Å². The van der Waals surface area contributed by atoms with Crippen molar-refractivity contribution in [1.82, 2.24) is 0 Å². The molecule has 2 heterocycles. The highest BCUT2D eigenvalue weighted by atomic mass is 16.2. The highest BCUT2D eigenvalue weighted by Crippen LogP contribution is 2.35. The molecule has 1 saturated heterocycles. The van der Waals surface area contributed by atoms with Gasteiger partial charge >= 0.3 is 0 Å². The third kappa shape index (κ3) is 2.11. The van der Waals surface area contributed by atoms with Crippen LogP contribution in [0.5, 0.6) is 0 Å². The van der Waals surface area contributed by atoms with E-state index in [2.05, 4.69) is 10.3 Å². The molecule has 0 bridgehead atoms. The number of benzene rings is 2. The lowest BCUT2D eigenvalue weighted by atomic mass is 10.1. The molecule has 2 aromatic carbocycles. The third-order valence-electron chi connectivity index (χ3n) is 4.27. The number of hydrogen-bond acceptors (Lipinski definition) is 5. The van der Waals surface area contributed by atoms with Crippen molar-refractivity contribution in [3.8, 4) is 0 Å². The molecule has 0 unspecified atom stereocenters. The Hall–Kier alpha value is -3.02. The zero-order valence-electron chi connectivity index (χ0n) is 13.4. The average Bonchev–Trinajstić information content (AvgIpc) is 3.08. The molecular weight excluding hydrogens is 304 g/mol. The molecule has 0 saturated carbocycles. The number of rotatable bonds is 2. The van der Waals surface area contributed by atoms with Crippen molar-refractivity contribution in [1.29, 1.82) is 0 Å². The van der Waals surface area contributed by atoms with Crippen LogP contribution >= 0.6 is 0 Å². The molecule has 2 amide bonds. The first kappa shape index (κ1) is 14.6. The fourth-order valence-corrected chi connectivity index (χ4v) is 3.29. The summed E-state index contributed by atoms with van der Waals surface area (Å²) in [7, 11) is 0. The summed E-state index contributed by atoms with van der Waals surface area (Å²) in [5, 5.41) is 9.63. The van der Waals surface area contributed by atoms with Crippen LogP contribution in [0.1, 0.15) is 11.1 Å². The van der Waals surface area contributed by atoms with Crippen molar-refractivity contribution in [2.75, 3.05) is 9.91 Å². The van der Waals surface area contributed by atoms with Crippen molar-refractivity contribution < 1.29 is 9.59 Å². The van der Waals surface area contributed by atoms with Crippen LogP contribution < -0.4 is 9.91 Å². The Morgan fingerprint density at radius 3 is 2.21 bits per heavy atom. The number of fused-ring (bicyclic) bond motifs is 1. The van der Waals surface area contributed by atoms with Crippen LogP contribution in [0.25, 0.3) is 0 Å². The van der Waals surface area contributed by atoms with Gasteiger partial charge in [-0.3, -0.25) is 9.59 Å². The molecule has 2 aliphatic heterocycles. The summed E-state index contributed by atoms with van der Waals surface area (Å²) in [6, 6.07) is 13.5. The zero-order chi connectivity index (χ0) is 16.8. The first-order chi connectivity index (χ1) is 11.6. The first-order valence-corrected chi connectivity index (χ1v) is 7.77. The second-order valence-electron chi connectivity index (χ2n) is 6.13. The molecule has 2 atom stereocenters. The van der Waals surface area contributed by atoms with Crippen LogP contribution in [0.3, 0.4) is 0 Å². The van der Waals surface area contributed by atoms with E-state index in [1.165, 1.54) is 9.91 Å². The molecule has 0 aromatic heterocycles. The van der Waals surface area contributed by atoms with E-state index in [-0.39, 0.29) is 11.8 Å². The second-order valence-corrected chi connectivity index (χ2v) is 6.13. The van der Waals surface area contributed by atoms with Gasteiger partial charge in [-0.05, 0) is 49.2 Å². The molecule has 6 nitrogen and oxygen atoms in total. The van der Waals surface area contributed by atoms with E-state index < -0.39 is 12.1 Å².